The number of aromatic nitrogens is 1. The molecule has 0 fully saturated rings. The predicted molar refractivity (Wildman–Crippen MR) is 86.4 cm³/mol. The number of rotatable bonds is 11. The molecular formula is C18H31NO. The van der Waals surface area contributed by atoms with Crippen LogP contribution in [0, 0.1) is 0 Å². The number of ether oxygens (including phenoxy) is 1. The lowest BCUT2D eigenvalue weighted by atomic mass is 9.89. The van der Waals surface area contributed by atoms with Gasteiger partial charge in [-0.3, -0.25) is 0 Å². The van der Waals surface area contributed by atoms with Gasteiger partial charge < -0.3 is 4.74 Å². The maximum Gasteiger partial charge on any atom is 0.212 e. The summed E-state index contributed by atoms with van der Waals surface area (Å²) in [5.41, 5.74) is 1.38. The first kappa shape index (κ1) is 17.0. The van der Waals surface area contributed by atoms with Crippen LogP contribution in [0.5, 0.6) is 5.88 Å². The van der Waals surface area contributed by atoms with E-state index in [-0.39, 0.29) is 0 Å². The lowest BCUT2D eigenvalue weighted by Gasteiger charge is -2.17. The lowest BCUT2D eigenvalue weighted by Crippen LogP contribution is -2.01. The van der Waals surface area contributed by atoms with Gasteiger partial charge in [0.2, 0.25) is 5.88 Å². The molecule has 1 atom stereocenters. The summed E-state index contributed by atoms with van der Waals surface area (Å²) in [4.78, 5) is 4.36. The first-order valence-electron chi connectivity index (χ1n) is 8.31. The quantitative estimate of drug-likeness (QED) is 0.482. The fourth-order valence-electron chi connectivity index (χ4n) is 2.68. The molecule has 2 nitrogen and oxygen atoms in total. The third-order valence-electron chi connectivity index (χ3n) is 4.00. The van der Waals surface area contributed by atoms with Crippen molar-refractivity contribution in [2.24, 2.45) is 0 Å². The summed E-state index contributed by atoms with van der Waals surface area (Å²) in [5.74, 6) is 1.39. The van der Waals surface area contributed by atoms with E-state index in [9.17, 15) is 0 Å². The molecule has 20 heavy (non-hydrogen) atoms. The van der Waals surface area contributed by atoms with E-state index >= 15 is 0 Å². The van der Waals surface area contributed by atoms with Gasteiger partial charge in [-0.05, 0) is 24.3 Å². The zero-order valence-electron chi connectivity index (χ0n) is 13.5. The minimum absolute atomic E-state index is 0.676. The molecule has 0 spiro atoms. The average molecular weight is 277 g/mol. The van der Waals surface area contributed by atoms with E-state index in [4.69, 9.17) is 4.74 Å². The Labute approximate surface area is 125 Å². The molecule has 1 aromatic rings. The van der Waals surface area contributed by atoms with Gasteiger partial charge in [0.25, 0.3) is 0 Å². The Morgan fingerprint density at radius 2 is 1.65 bits per heavy atom. The van der Waals surface area contributed by atoms with Crippen LogP contribution in [0.4, 0.5) is 0 Å². The maximum absolute atomic E-state index is 5.14. The second kappa shape index (κ2) is 10.7. The second-order valence-corrected chi connectivity index (χ2v) is 5.68. The highest BCUT2D eigenvalue weighted by Crippen LogP contribution is 2.28. The maximum atomic E-state index is 5.14. The van der Waals surface area contributed by atoms with Crippen LogP contribution < -0.4 is 4.74 Å². The van der Waals surface area contributed by atoms with Crippen molar-refractivity contribution in [2.45, 2.75) is 77.6 Å². The number of nitrogens with zero attached hydrogens (tertiary/aromatic N) is 1. The number of methoxy groups -OCH3 is 1. The molecule has 1 rings (SSSR count). The van der Waals surface area contributed by atoms with Crippen molar-refractivity contribution in [3.8, 4) is 5.88 Å². The van der Waals surface area contributed by atoms with Crippen molar-refractivity contribution in [1.82, 2.24) is 4.98 Å². The summed E-state index contributed by atoms with van der Waals surface area (Å²) in [5, 5.41) is 0. The Morgan fingerprint density at radius 1 is 0.950 bits per heavy atom. The molecule has 0 aliphatic rings. The zero-order valence-corrected chi connectivity index (χ0v) is 13.5. The molecule has 1 aromatic heterocycles. The molecule has 1 heterocycles. The van der Waals surface area contributed by atoms with E-state index in [1.165, 1.54) is 63.4 Å². The van der Waals surface area contributed by atoms with Crippen LogP contribution in [0.25, 0.3) is 0 Å². The van der Waals surface area contributed by atoms with Gasteiger partial charge in [0.15, 0.2) is 0 Å². The van der Waals surface area contributed by atoms with Gasteiger partial charge in [-0.2, -0.15) is 0 Å². The third-order valence-corrected chi connectivity index (χ3v) is 4.00. The van der Waals surface area contributed by atoms with Crippen molar-refractivity contribution in [3.63, 3.8) is 0 Å². The van der Waals surface area contributed by atoms with E-state index < -0.39 is 0 Å². The van der Waals surface area contributed by atoms with Crippen LogP contribution in [0.3, 0.4) is 0 Å². The van der Waals surface area contributed by atoms with Crippen LogP contribution in [0.1, 0.15) is 83.1 Å². The number of unbranched alkanes of at least 4 members (excludes halogenated alkanes) is 5. The molecule has 114 valence electrons. The highest BCUT2D eigenvalue weighted by molar-refractivity contribution is 5.21. The Kier molecular flexibility index (Phi) is 9.10. The van der Waals surface area contributed by atoms with Crippen LogP contribution in [0.2, 0.25) is 0 Å². The zero-order chi connectivity index (χ0) is 14.6. The average Bonchev–Trinajstić information content (AvgIpc) is 2.50. The molecule has 0 saturated heterocycles. The SMILES string of the molecule is CCCCCCCC(CCCC)c1ccc(OC)nc1. The van der Waals surface area contributed by atoms with Crippen molar-refractivity contribution in [2.75, 3.05) is 7.11 Å². The number of pyridine rings is 1. The van der Waals surface area contributed by atoms with E-state index in [0.717, 1.165) is 0 Å². The van der Waals surface area contributed by atoms with Crippen LogP contribution in [-0.4, -0.2) is 12.1 Å². The summed E-state index contributed by atoms with van der Waals surface area (Å²) in [6.45, 7) is 4.54. The molecule has 0 aromatic carbocycles. The van der Waals surface area contributed by atoms with Gasteiger partial charge >= 0.3 is 0 Å². The summed E-state index contributed by atoms with van der Waals surface area (Å²) in [6, 6.07) is 4.18. The summed E-state index contributed by atoms with van der Waals surface area (Å²) < 4.78 is 5.14. The van der Waals surface area contributed by atoms with Crippen molar-refractivity contribution >= 4 is 0 Å². The van der Waals surface area contributed by atoms with Crippen molar-refractivity contribution in [1.29, 1.82) is 0 Å². The van der Waals surface area contributed by atoms with E-state index in [2.05, 4.69) is 24.9 Å². The van der Waals surface area contributed by atoms with E-state index in [1.54, 1.807) is 7.11 Å². The molecule has 0 aliphatic carbocycles. The van der Waals surface area contributed by atoms with E-state index in [0.29, 0.717) is 11.8 Å². The van der Waals surface area contributed by atoms with Gasteiger partial charge in [-0.1, -0.05) is 64.9 Å². The topological polar surface area (TPSA) is 22.1 Å². The summed E-state index contributed by atoms with van der Waals surface area (Å²) >= 11 is 0. The minimum Gasteiger partial charge on any atom is -0.481 e. The molecule has 0 amide bonds. The number of hydrogen-bond donors (Lipinski definition) is 0. The highest BCUT2D eigenvalue weighted by atomic mass is 16.5. The van der Waals surface area contributed by atoms with Crippen molar-refractivity contribution < 1.29 is 4.74 Å². The predicted octanol–water partition coefficient (Wildman–Crippen LogP) is 5.72. The van der Waals surface area contributed by atoms with Gasteiger partial charge in [-0.25, -0.2) is 4.98 Å². The fourth-order valence-corrected chi connectivity index (χ4v) is 2.68. The normalized spacial score (nSPS) is 12.3. The lowest BCUT2D eigenvalue weighted by molar-refractivity contribution is 0.397. The molecule has 0 saturated carbocycles. The fraction of sp³-hybridized carbons (Fsp3) is 0.722. The molecule has 0 radical (unpaired) electrons. The largest absolute Gasteiger partial charge is 0.481 e. The Bertz CT molecular complexity index is 334. The van der Waals surface area contributed by atoms with Crippen LogP contribution in [0.15, 0.2) is 18.3 Å². The van der Waals surface area contributed by atoms with Gasteiger partial charge in [0.1, 0.15) is 0 Å². The number of hydrogen-bond acceptors (Lipinski definition) is 2. The molecule has 0 N–H and O–H groups in total. The Balaban J connectivity index is 2.48. The monoisotopic (exact) mass is 277 g/mol. The molecule has 2 heteroatoms. The standard InChI is InChI=1S/C18H31NO/c1-4-6-8-9-10-12-16(11-7-5-2)17-13-14-18(20-3)19-15-17/h13-16H,4-12H2,1-3H3. The summed E-state index contributed by atoms with van der Waals surface area (Å²) in [7, 11) is 1.67. The van der Waals surface area contributed by atoms with Gasteiger partial charge in [-0.15, -0.1) is 0 Å². The Morgan fingerprint density at radius 3 is 2.25 bits per heavy atom. The van der Waals surface area contributed by atoms with Crippen molar-refractivity contribution in [3.05, 3.63) is 23.9 Å². The highest BCUT2D eigenvalue weighted by Gasteiger charge is 2.11. The van der Waals surface area contributed by atoms with E-state index in [1.807, 2.05) is 12.3 Å². The molecular weight excluding hydrogens is 246 g/mol. The molecule has 0 bridgehead atoms. The smallest absolute Gasteiger partial charge is 0.212 e. The Hall–Kier alpha value is -1.05. The first-order valence-corrected chi connectivity index (χ1v) is 8.31. The second-order valence-electron chi connectivity index (χ2n) is 5.68. The van der Waals surface area contributed by atoms with Crippen LogP contribution in [-0.2, 0) is 0 Å². The third kappa shape index (κ3) is 6.40. The minimum atomic E-state index is 0.676. The molecule has 0 aliphatic heterocycles. The molecule has 1 unspecified atom stereocenters. The van der Waals surface area contributed by atoms with Gasteiger partial charge in [0, 0.05) is 12.3 Å². The van der Waals surface area contributed by atoms with Crippen LogP contribution >= 0.6 is 0 Å². The first-order chi connectivity index (χ1) is 9.81. The van der Waals surface area contributed by atoms with Gasteiger partial charge in [0.05, 0.1) is 7.11 Å². The summed E-state index contributed by atoms with van der Waals surface area (Å²) in [6.07, 6.45) is 14.0.